The number of benzene rings is 2. The van der Waals surface area contributed by atoms with Crippen molar-refractivity contribution < 1.29 is 4.79 Å². The molecular formula is C21H22N6OS. The van der Waals surface area contributed by atoms with Gasteiger partial charge >= 0.3 is 0 Å². The molecule has 1 aromatic heterocycles. The molecule has 8 heteroatoms. The zero-order valence-electron chi connectivity index (χ0n) is 16.7. The van der Waals surface area contributed by atoms with Gasteiger partial charge in [-0.15, -0.1) is 5.10 Å². The van der Waals surface area contributed by atoms with Gasteiger partial charge in [-0.1, -0.05) is 47.7 Å². The Morgan fingerprint density at radius 3 is 2.48 bits per heavy atom. The Kier molecular flexibility index (Phi) is 6.62. The Morgan fingerprint density at radius 1 is 1.14 bits per heavy atom. The molecule has 0 aliphatic heterocycles. The van der Waals surface area contributed by atoms with Gasteiger partial charge in [0.1, 0.15) is 0 Å². The number of tetrazole rings is 1. The van der Waals surface area contributed by atoms with Crippen molar-refractivity contribution in [2.75, 3.05) is 17.2 Å². The minimum Gasteiger partial charge on any atom is -0.311 e. The van der Waals surface area contributed by atoms with Crippen LogP contribution in [0, 0.1) is 32.1 Å². The monoisotopic (exact) mass is 406 g/mol. The van der Waals surface area contributed by atoms with Crippen molar-refractivity contribution in [1.82, 2.24) is 20.2 Å². The largest absolute Gasteiger partial charge is 0.311 e. The van der Waals surface area contributed by atoms with Gasteiger partial charge in [-0.3, -0.25) is 4.79 Å². The molecule has 0 saturated carbocycles. The topological polar surface area (TPSA) is 87.7 Å². The molecular weight excluding hydrogens is 384 g/mol. The average molecular weight is 407 g/mol. The maximum Gasteiger partial charge on any atom is 0.237 e. The Hall–Kier alpha value is -3.18. The van der Waals surface area contributed by atoms with Crippen molar-refractivity contribution in [3.05, 3.63) is 59.2 Å². The fraction of sp³-hybridized carbons (Fsp3) is 0.286. The van der Waals surface area contributed by atoms with E-state index in [1.165, 1.54) is 11.8 Å². The molecule has 0 fully saturated rings. The van der Waals surface area contributed by atoms with Crippen LogP contribution in [-0.4, -0.2) is 38.4 Å². The molecule has 3 aromatic rings. The van der Waals surface area contributed by atoms with Gasteiger partial charge in [-0.05, 0) is 54.5 Å². The number of amides is 1. The highest BCUT2D eigenvalue weighted by atomic mass is 32.2. The summed E-state index contributed by atoms with van der Waals surface area (Å²) in [5, 5.41) is 21.5. The SMILES string of the molecule is Cc1ccc(N(CCC#N)C(=O)CSc2nnnn2-c2c(C)cccc2C)cc1. The third-order valence-corrected chi connectivity index (χ3v) is 5.41. The first-order valence-electron chi connectivity index (χ1n) is 9.23. The van der Waals surface area contributed by atoms with Gasteiger partial charge in [0.25, 0.3) is 0 Å². The summed E-state index contributed by atoms with van der Waals surface area (Å²) in [7, 11) is 0. The molecule has 0 unspecified atom stereocenters. The number of nitrogens with zero attached hydrogens (tertiary/aromatic N) is 6. The predicted octanol–water partition coefficient (Wildman–Crippen LogP) is 3.63. The van der Waals surface area contributed by atoms with Gasteiger partial charge < -0.3 is 4.90 Å². The zero-order valence-corrected chi connectivity index (χ0v) is 17.5. The smallest absolute Gasteiger partial charge is 0.237 e. The number of aromatic nitrogens is 4. The summed E-state index contributed by atoms with van der Waals surface area (Å²) < 4.78 is 1.67. The zero-order chi connectivity index (χ0) is 20.8. The molecule has 2 aromatic carbocycles. The Labute approximate surface area is 174 Å². The summed E-state index contributed by atoms with van der Waals surface area (Å²) in [6, 6.07) is 15.8. The standard InChI is InChI=1S/C21H22N6OS/c1-15-8-10-18(11-9-15)26(13-5-12-22)19(28)14-29-21-23-24-25-27(21)20-16(2)6-4-7-17(20)3/h4,6-11H,5,13-14H2,1-3H3. The lowest BCUT2D eigenvalue weighted by Crippen LogP contribution is -2.33. The molecule has 0 radical (unpaired) electrons. The van der Waals surface area contributed by atoms with E-state index >= 15 is 0 Å². The van der Waals surface area contributed by atoms with Crippen molar-refractivity contribution in [1.29, 1.82) is 5.26 Å². The maximum atomic E-state index is 12.9. The number of hydrogen-bond donors (Lipinski definition) is 0. The predicted molar refractivity (Wildman–Crippen MR) is 113 cm³/mol. The lowest BCUT2D eigenvalue weighted by molar-refractivity contribution is -0.116. The minimum absolute atomic E-state index is 0.0924. The Balaban J connectivity index is 1.78. The summed E-state index contributed by atoms with van der Waals surface area (Å²) in [6.07, 6.45) is 0.268. The second-order valence-electron chi connectivity index (χ2n) is 6.69. The Morgan fingerprint density at radius 2 is 1.83 bits per heavy atom. The second-order valence-corrected chi connectivity index (χ2v) is 7.63. The highest BCUT2D eigenvalue weighted by Gasteiger charge is 2.19. The normalized spacial score (nSPS) is 10.6. The van der Waals surface area contributed by atoms with Gasteiger partial charge in [0.2, 0.25) is 11.1 Å². The van der Waals surface area contributed by atoms with Gasteiger partial charge in [0.15, 0.2) is 0 Å². The fourth-order valence-corrected chi connectivity index (χ4v) is 3.79. The van der Waals surface area contributed by atoms with Crippen LogP contribution in [-0.2, 0) is 4.79 Å². The fourth-order valence-electron chi connectivity index (χ4n) is 3.04. The second kappa shape index (κ2) is 9.34. The highest BCUT2D eigenvalue weighted by Crippen LogP contribution is 2.24. The first kappa shape index (κ1) is 20.6. The van der Waals surface area contributed by atoms with E-state index in [1.807, 2.05) is 63.2 Å². The first-order chi connectivity index (χ1) is 14.0. The third-order valence-electron chi connectivity index (χ3n) is 4.51. The molecule has 1 amide bonds. The van der Waals surface area contributed by atoms with Crippen molar-refractivity contribution in [2.24, 2.45) is 0 Å². The number of thioether (sulfide) groups is 1. The van der Waals surface area contributed by atoms with Crippen LogP contribution in [0.25, 0.3) is 5.69 Å². The lowest BCUT2D eigenvalue weighted by atomic mass is 10.1. The van der Waals surface area contributed by atoms with E-state index in [2.05, 4.69) is 21.6 Å². The van der Waals surface area contributed by atoms with Crippen molar-refractivity contribution in [3.8, 4) is 11.8 Å². The molecule has 0 aliphatic rings. The molecule has 29 heavy (non-hydrogen) atoms. The number of anilines is 1. The van der Waals surface area contributed by atoms with E-state index < -0.39 is 0 Å². The molecule has 3 rings (SSSR count). The van der Waals surface area contributed by atoms with Crippen LogP contribution in [0.15, 0.2) is 47.6 Å². The van der Waals surface area contributed by atoms with E-state index in [-0.39, 0.29) is 18.1 Å². The molecule has 7 nitrogen and oxygen atoms in total. The van der Waals surface area contributed by atoms with E-state index in [4.69, 9.17) is 5.26 Å². The summed E-state index contributed by atoms with van der Waals surface area (Å²) in [4.78, 5) is 14.6. The van der Waals surface area contributed by atoms with Crippen LogP contribution in [0.5, 0.6) is 0 Å². The first-order valence-corrected chi connectivity index (χ1v) is 10.2. The van der Waals surface area contributed by atoms with E-state index in [1.54, 1.807) is 9.58 Å². The van der Waals surface area contributed by atoms with Gasteiger partial charge in [0, 0.05) is 12.2 Å². The highest BCUT2D eigenvalue weighted by molar-refractivity contribution is 7.99. The summed E-state index contributed by atoms with van der Waals surface area (Å²) in [6.45, 7) is 6.35. The summed E-state index contributed by atoms with van der Waals surface area (Å²) in [5.74, 6) is 0.0788. The molecule has 0 atom stereocenters. The van der Waals surface area contributed by atoms with Crippen molar-refractivity contribution >= 4 is 23.4 Å². The Bertz CT molecular complexity index is 1020. The van der Waals surface area contributed by atoms with Crippen molar-refractivity contribution in [3.63, 3.8) is 0 Å². The van der Waals surface area contributed by atoms with E-state index in [0.717, 1.165) is 28.1 Å². The van der Waals surface area contributed by atoms with Crippen LogP contribution in [0.3, 0.4) is 0 Å². The van der Waals surface area contributed by atoms with Crippen LogP contribution >= 0.6 is 11.8 Å². The van der Waals surface area contributed by atoms with Crippen LogP contribution in [0.4, 0.5) is 5.69 Å². The molecule has 0 saturated heterocycles. The molecule has 0 N–H and O–H groups in total. The number of para-hydroxylation sites is 1. The molecule has 0 aliphatic carbocycles. The summed E-state index contributed by atoms with van der Waals surface area (Å²) >= 11 is 1.29. The average Bonchev–Trinajstić information content (AvgIpc) is 3.16. The van der Waals surface area contributed by atoms with Crippen LogP contribution < -0.4 is 4.90 Å². The van der Waals surface area contributed by atoms with Crippen LogP contribution in [0.1, 0.15) is 23.1 Å². The summed E-state index contributed by atoms with van der Waals surface area (Å²) in [5.41, 5.74) is 4.93. The molecule has 0 bridgehead atoms. The van der Waals surface area contributed by atoms with E-state index in [0.29, 0.717) is 11.7 Å². The maximum absolute atomic E-state index is 12.9. The van der Waals surface area contributed by atoms with Gasteiger partial charge in [-0.25, -0.2) is 0 Å². The lowest BCUT2D eigenvalue weighted by Gasteiger charge is -2.21. The van der Waals surface area contributed by atoms with Crippen molar-refractivity contribution in [2.45, 2.75) is 32.3 Å². The van der Waals surface area contributed by atoms with E-state index in [9.17, 15) is 4.79 Å². The number of nitriles is 1. The number of carbonyl (C=O) groups is 1. The molecule has 1 heterocycles. The minimum atomic E-state index is -0.0924. The van der Waals surface area contributed by atoms with Gasteiger partial charge in [0.05, 0.1) is 23.9 Å². The molecule has 148 valence electrons. The number of hydrogen-bond acceptors (Lipinski definition) is 6. The third kappa shape index (κ3) is 4.81. The number of rotatable bonds is 7. The quantitative estimate of drug-likeness (QED) is 0.557. The number of aryl methyl sites for hydroxylation is 3. The molecule has 0 spiro atoms. The van der Waals surface area contributed by atoms with Crippen LogP contribution in [0.2, 0.25) is 0 Å². The van der Waals surface area contributed by atoms with Gasteiger partial charge in [-0.2, -0.15) is 9.94 Å². The number of carbonyl (C=O) groups excluding carboxylic acids is 1.